The number of carbonyl (C=O) groups excluding carboxylic acids is 1. The van der Waals surface area contributed by atoms with Crippen molar-refractivity contribution in [2.24, 2.45) is 0 Å². The highest BCUT2D eigenvalue weighted by atomic mass is 19.1. The van der Waals surface area contributed by atoms with Gasteiger partial charge in [-0.1, -0.05) is 0 Å². The Balaban J connectivity index is 1.71. The molecule has 0 spiro atoms. The molecular formula is C17H13FN2O4. The number of ether oxygens (including phenoxy) is 1. The third-order valence-electron chi connectivity index (χ3n) is 3.27. The van der Waals surface area contributed by atoms with Crippen LogP contribution in [0.25, 0.3) is 11.5 Å². The Hall–Kier alpha value is -3.22. The van der Waals surface area contributed by atoms with E-state index in [1.807, 2.05) is 0 Å². The second kappa shape index (κ2) is 6.49. The molecule has 1 N–H and O–H groups in total. The highest BCUT2D eigenvalue weighted by molar-refractivity contribution is 5.89. The highest BCUT2D eigenvalue weighted by Crippen LogP contribution is 2.23. The topological polar surface area (TPSA) is 85.5 Å². The minimum absolute atomic E-state index is 0.0560. The third-order valence-corrected chi connectivity index (χ3v) is 3.27. The Bertz CT molecular complexity index is 844. The van der Waals surface area contributed by atoms with Crippen LogP contribution in [0.1, 0.15) is 29.3 Å². The van der Waals surface area contributed by atoms with Crippen molar-refractivity contribution in [1.82, 2.24) is 10.2 Å². The summed E-state index contributed by atoms with van der Waals surface area (Å²) in [5.74, 6) is -0.557. The lowest BCUT2D eigenvalue weighted by Gasteiger charge is -2.09. The van der Waals surface area contributed by atoms with E-state index in [1.165, 1.54) is 48.5 Å². The lowest BCUT2D eigenvalue weighted by molar-refractivity contribution is 0.0280. The van der Waals surface area contributed by atoms with E-state index in [9.17, 15) is 14.3 Å². The van der Waals surface area contributed by atoms with Gasteiger partial charge in [-0.15, -0.1) is 10.2 Å². The van der Waals surface area contributed by atoms with Gasteiger partial charge >= 0.3 is 5.97 Å². The van der Waals surface area contributed by atoms with E-state index in [0.717, 1.165) is 0 Å². The van der Waals surface area contributed by atoms with E-state index >= 15 is 0 Å². The van der Waals surface area contributed by atoms with E-state index in [2.05, 4.69) is 10.2 Å². The number of aromatic hydroxyl groups is 1. The van der Waals surface area contributed by atoms with Crippen LogP contribution in [-0.2, 0) is 4.74 Å². The zero-order chi connectivity index (χ0) is 17.1. The first-order chi connectivity index (χ1) is 11.5. The van der Waals surface area contributed by atoms with Crippen LogP contribution in [0.15, 0.2) is 52.9 Å². The molecule has 2 aromatic carbocycles. The van der Waals surface area contributed by atoms with Crippen LogP contribution in [0.5, 0.6) is 5.75 Å². The summed E-state index contributed by atoms with van der Waals surface area (Å²) in [6.45, 7) is 1.60. The molecule has 0 aliphatic carbocycles. The second-order valence-corrected chi connectivity index (χ2v) is 5.05. The number of aromatic nitrogens is 2. The number of carbonyl (C=O) groups is 1. The van der Waals surface area contributed by atoms with Crippen LogP contribution in [-0.4, -0.2) is 21.3 Å². The molecule has 1 atom stereocenters. The number of esters is 1. The van der Waals surface area contributed by atoms with Crippen LogP contribution in [0, 0.1) is 5.82 Å². The minimum atomic E-state index is -0.756. The van der Waals surface area contributed by atoms with Gasteiger partial charge in [-0.05, 0) is 55.5 Å². The minimum Gasteiger partial charge on any atom is -0.508 e. The molecule has 3 aromatic rings. The summed E-state index contributed by atoms with van der Waals surface area (Å²) in [6.07, 6.45) is -0.756. The molecule has 3 rings (SSSR count). The number of hydrogen-bond acceptors (Lipinski definition) is 6. The molecular weight excluding hydrogens is 315 g/mol. The van der Waals surface area contributed by atoms with Gasteiger partial charge in [-0.2, -0.15) is 0 Å². The maximum atomic E-state index is 12.9. The Labute approximate surface area is 136 Å². The molecule has 1 aromatic heterocycles. The average molecular weight is 328 g/mol. The highest BCUT2D eigenvalue weighted by Gasteiger charge is 2.20. The Kier molecular flexibility index (Phi) is 4.24. The second-order valence-electron chi connectivity index (χ2n) is 5.05. The van der Waals surface area contributed by atoms with Crippen molar-refractivity contribution in [2.75, 3.05) is 0 Å². The van der Waals surface area contributed by atoms with E-state index in [1.54, 1.807) is 6.92 Å². The number of phenols is 1. The average Bonchev–Trinajstić information content (AvgIpc) is 3.06. The first-order valence-corrected chi connectivity index (χ1v) is 7.12. The summed E-state index contributed by atoms with van der Waals surface area (Å²) in [4.78, 5) is 12.0. The molecule has 0 saturated heterocycles. The van der Waals surface area contributed by atoms with Crippen molar-refractivity contribution in [3.8, 4) is 17.2 Å². The molecule has 1 heterocycles. The summed E-state index contributed by atoms with van der Waals surface area (Å²) in [7, 11) is 0. The van der Waals surface area contributed by atoms with Gasteiger partial charge in [-0.25, -0.2) is 9.18 Å². The molecule has 0 fully saturated rings. The van der Waals surface area contributed by atoms with Gasteiger partial charge in [0.05, 0.1) is 5.56 Å². The standard InChI is InChI=1S/C17H13FN2O4/c1-10(23-17(22)12-4-8-14(21)9-5-12)15-19-20-16(24-15)11-2-6-13(18)7-3-11/h2-10,21H,1H3/t10-/m0/s1. The lowest BCUT2D eigenvalue weighted by Crippen LogP contribution is -2.09. The number of hydrogen-bond donors (Lipinski definition) is 1. The van der Waals surface area contributed by atoms with Crippen molar-refractivity contribution >= 4 is 5.97 Å². The van der Waals surface area contributed by atoms with Crippen LogP contribution >= 0.6 is 0 Å². The summed E-state index contributed by atoms with van der Waals surface area (Å²) in [6, 6.07) is 11.3. The number of nitrogens with zero attached hydrogens (tertiary/aromatic N) is 2. The molecule has 0 unspecified atom stereocenters. The molecule has 0 aliphatic heterocycles. The van der Waals surface area contributed by atoms with Crippen molar-refractivity contribution in [3.05, 3.63) is 65.8 Å². The predicted octanol–water partition coefficient (Wildman–Crippen LogP) is 3.50. The molecule has 0 saturated carbocycles. The molecule has 0 radical (unpaired) electrons. The third kappa shape index (κ3) is 3.40. The monoisotopic (exact) mass is 328 g/mol. The van der Waals surface area contributed by atoms with Crippen LogP contribution in [0.2, 0.25) is 0 Å². The van der Waals surface area contributed by atoms with Gasteiger partial charge in [0.2, 0.25) is 5.89 Å². The molecule has 0 bridgehead atoms. The molecule has 24 heavy (non-hydrogen) atoms. The summed E-state index contributed by atoms with van der Waals surface area (Å²) >= 11 is 0. The molecule has 6 nitrogen and oxygen atoms in total. The van der Waals surface area contributed by atoms with Gasteiger partial charge < -0.3 is 14.3 Å². The van der Waals surface area contributed by atoms with E-state index < -0.39 is 12.1 Å². The molecule has 7 heteroatoms. The van der Waals surface area contributed by atoms with E-state index in [-0.39, 0.29) is 28.9 Å². The zero-order valence-electron chi connectivity index (χ0n) is 12.6. The Morgan fingerprint density at radius 2 is 1.79 bits per heavy atom. The Morgan fingerprint density at radius 3 is 2.46 bits per heavy atom. The fraction of sp³-hybridized carbons (Fsp3) is 0.118. The summed E-state index contributed by atoms with van der Waals surface area (Å²) in [5.41, 5.74) is 0.852. The molecule has 0 amide bonds. The zero-order valence-corrected chi connectivity index (χ0v) is 12.6. The smallest absolute Gasteiger partial charge is 0.338 e. The maximum absolute atomic E-state index is 12.9. The van der Waals surface area contributed by atoms with Gasteiger partial charge in [0.25, 0.3) is 5.89 Å². The number of rotatable bonds is 4. The van der Waals surface area contributed by atoms with Crippen LogP contribution < -0.4 is 0 Å². The van der Waals surface area contributed by atoms with Crippen LogP contribution in [0.3, 0.4) is 0 Å². The first kappa shape index (κ1) is 15.7. The first-order valence-electron chi connectivity index (χ1n) is 7.12. The van der Waals surface area contributed by atoms with E-state index in [4.69, 9.17) is 9.15 Å². The van der Waals surface area contributed by atoms with Crippen molar-refractivity contribution in [2.45, 2.75) is 13.0 Å². The van der Waals surface area contributed by atoms with Crippen LogP contribution in [0.4, 0.5) is 4.39 Å². The number of benzene rings is 2. The fourth-order valence-electron chi connectivity index (χ4n) is 1.98. The molecule has 122 valence electrons. The number of halogens is 1. The quantitative estimate of drug-likeness (QED) is 0.738. The van der Waals surface area contributed by atoms with Gasteiger partial charge in [0.1, 0.15) is 11.6 Å². The Morgan fingerprint density at radius 1 is 1.12 bits per heavy atom. The summed E-state index contributed by atoms with van der Waals surface area (Å²) < 4.78 is 23.6. The lowest BCUT2D eigenvalue weighted by atomic mass is 10.2. The predicted molar refractivity (Wildman–Crippen MR) is 81.6 cm³/mol. The normalized spacial score (nSPS) is 11.9. The van der Waals surface area contributed by atoms with Crippen molar-refractivity contribution in [1.29, 1.82) is 0 Å². The molecule has 0 aliphatic rings. The van der Waals surface area contributed by atoms with E-state index in [0.29, 0.717) is 5.56 Å². The maximum Gasteiger partial charge on any atom is 0.338 e. The SMILES string of the molecule is C[C@H](OC(=O)c1ccc(O)cc1)c1nnc(-c2ccc(F)cc2)o1. The largest absolute Gasteiger partial charge is 0.508 e. The number of phenolic OH excluding ortho intramolecular Hbond substituents is 1. The van der Waals surface area contributed by atoms with Gasteiger partial charge in [0, 0.05) is 5.56 Å². The van der Waals surface area contributed by atoms with Crippen molar-refractivity contribution in [3.63, 3.8) is 0 Å². The fourth-order valence-corrected chi connectivity index (χ4v) is 1.98. The van der Waals surface area contributed by atoms with Crippen molar-refractivity contribution < 1.29 is 23.4 Å². The van der Waals surface area contributed by atoms with Gasteiger partial charge in [0.15, 0.2) is 6.10 Å². The summed E-state index contributed by atoms with van der Waals surface area (Å²) in [5, 5.41) is 16.9. The van der Waals surface area contributed by atoms with Gasteiger partial charge in [-0.3, -0.25) is 0 Å².